The van der Waals surface area contributed by atoms with E-state index in [0.29, 0.717) is 12.5 Å². The number of aliphatic carboxylic acids is 1. The van der Waals surface area contributed by atoms with Crippen LogP contribution in [0.1, 0.15) is 66.2 Å². The molecule has 4 heteroatoms. The van der Waals surface area contributed by atoms with E-state index in [0.717, 1.165) is 38.3 Å². The van der Waals surface area contributed by atoms with Crippen LogP contribution in [0.2, 0.25) is 0 Å². The van der Waals surface area contributed by atoms with Crippen LogP contribution in [0, 0.1) is 5.92 Å². The predicted molar refractivity (Wildman–Crippen MR) is 87.6 cm³/mol. The number of piperidine rings is 1. The molecule has 0 bridgehead atoms. The van der Waals surface area contributed by atoms with Gasteiger partial charge in [-0.2, -0.15) is 0 Å². The van der Waals surface area contributed by atoms with Crippen LogP contribution in [0.4, 0.5) is 0 Å². The lowest BCUT2D eigenvalue weighted by Crippen LogP contribution is -2.49. The summed E-state index contributed by atoms with van der Waals surface area (Å²) in [6.07, 6.45) is 6.37. The van der Waals surface area contributed by atoms with Gasteiger partial charge in [0, 0.05) is 12.6 Å². The number of carboxylic acids is 1. The molecule has 21 heavy (non-hydrogen) atoms. The second-order valence-electron chi connectivity index (χ2n) is 7.05. The van der Waals surface area contributed by atoms with Crippen molar-refractivity contribution < 1.29 is 9.90 Å². The van der Waals surface area contributed by atoms with Gasteiger partial charge in [-0.15, -0.1) is 0 Å². The number of rotatable bonds is 9. The first kappa shape index (κ1) is 18.4. The molecule has 3 atom stereocenters. The van der Waals surface area contributed by atoms with Crippen molar-refractivity contribution in [2.75, 3.05) is 19.6 Å². The van der Waals surface area contributed by atoms with E-state index in [1.165, 1.54) is 19.4 Å². The van der Waals surface area contributed by atoms with Gasteiger partial charge in [0.2, 0.25) is 0 Å². The predicted octanol–water partition coefficient (Wildman–Crippen LogP) is 3.12. The number of nitrogens with one attached hydrogen (secondary N) is 1. The summed E-state index contributed by atoms with van der Waals surface area (Å²) in [6, 6.07) is 0.685. The Labute approximate surface area is 130 Å². The van der Waals surface area contributed by atoms with Gasteiger partial charge in [-0.1, -0.05) is 13.8 Å². The zero-order valence-electron chi connectivity index (χ0n) is 14.3. The summed E-state index contributed by atoms with van der Waals surface area (Å²) >= 11 is 0. The van der Waals surface area contributed by atoms with Gasteiger partial charge in [-0.05, 0) is 71.4 Å². The van der Waals surface area contributed by atoms with Gasteiger partial charge >= 0.3 is 5.97 Å². The van der Waals surface area contributed by atoms with Gasteiger partial charge in [0.05, 0.1) is 0 Å². The zero-order chi connectivity index (χ0) is 15.9. The SMILES string of the molecule is CCCNC(C)(CCCCN1CC(C)CCC1C)C(=O)O. The third kappa shape index (κ3) is 5.95. The van der Waals surface area contributed by atoms with E-state index in [9.17, 15) is 9.90 Å². The lowest BCUT2D eigenvalue weighted by atomic mass is 9.93. The normalized spacial score (nSPS) is 26.5. The minimum absolute atomic E-state index is 0.685. The van der Waals surface area contributed by atoms with Crippen molar-refractivity contribution in [3.63, 3.8) is 0 Å². The molecule has 0 aliphatic carbocycles. The quantitative estimate of drug-likeness (QED) is 0.642. The van der Waals surface area contributed by atoms with Crippen LogP contribution < -0.4 is 5.32 Å². The van der Waals surface area contributed by atoms with Gasteiger partial charge in [0.1, 0.15) is 5.54 Å². The number of unbranched alkanes of at least 4 members (excludes halogenated alkanes) is 1. The van der Waals surface area contributed by atoms with Crippen LogP contribution in [0.25, 0.3) is 0 Å². The Balaban J connectivity index is 2.32. The second kappa shape index (κ2) is 8.74. The Kier molecular flexibility index (Phi) is 7.67. The number of carboxylic acid groups (broad SMARTS) is 1. The minimum atomic E-state index is -0.767. The number of likely N-dealkylation sites (tertiary alicyclic amines) is 1. The molecule has 0 aromatic heterocycles. The summed E-state index contributed by atoms with van der Waals surface area (Å²) in [5, 5.41) is 12.6. The largest absolute Gasteiger partial charge is 0.480 e. The van der Waals surface area contributed by atoms with E-state index >= 15 is 0 Å². The second-order valence-corrected chi connectivity index (χ2v) is 7.05. The van der Waals surface area contributed by atoms with Crippen molar-refractivity contribution in [1.29, 1.82) is 0 Å². The molecule has 1 aliphatic heterocycles. The van der Waals surface area contributed by atoms with Crippen molar-refractivity contribution in [1.82, 2.24) is 10.2 Å². The van der Waals surface area contributed by atoms with Crippen LogP contribution in [0.3, 0.4) is 0 Å². The monoisotopic (exact) mass is 298 g/mol. The molecule has 124 valence electrons. The van der Waals surface area contributed by atoms with E-state index in [-0.39, 0.29) is 0 Å². The van der Waals surface area contributed by atoms with Crippen LogP contribution in [0.15, 0.2) is 0 Å². The highest BCUT2D eigenvalue weighted by Crippen LogP contribution is 2.22. The lowest BCUT2D eigenvalue weighted by Gasteiger charge is -2.37. The van der Waals surface area contributed by atoms with Gasteiger partial charge in [-0.25, -0.2) is 0 Å². The van der Waals surface area contributed by atoms with Crippen molar-refractivity contribution in [3.8, 4) is 0 Å². The summed E-state index contributed by atoms with van der Waals surface area (Å²) in [6.45, 7) is 11.6. The summed E-state index contributed by atoms with van der Waals surface area (Å²) < 4.78 is 0. The maximum atomic E-state index is 11.4. The van der Waals surface area contributed by atoms with Crippen molar-refractivity contribution >= 4 is 5.97 Å². The molecule has 1 fully saturated rings. The molecule has 0 amide bonds. The van der Waals surface area contributed by atoms with Crippen LogP contribution in [0.5, 0.6) is 0 Å². The molecule has 1 saturated heterocycles. The highest BCUT2D eigenvalue weighted by Gasteiger charge is 2.31. The summed E-state index contributed by atoms with van der Waals surface area (Å²) in [4.78, 5) is 14.0. The van der Waals surface area contributed by atoms with E-state index in [1.54, 1.807) is 0 Å². The highest BCUT2D eigenvalue weighted by atomic mass is 16.4. The molecular formula is C17H34N2O2. The molecule has 0 spiro atoms. The smallest absolute Gasteiger partial charge is 0.323 e. The number of hydrogen-bond donors (Lipinski definition) is 2. The summed E-state index contributed by atoms with van der Waals surface area (Å²) in [7, 11) is 0. The third-order valence-electron chi connectivity index (χ3n) is 4.86. The Morgan fingerprint density at radius 2 is 2.05 bits per heavy atom. The van der Waals surface area contributed by atoms with Crippen LogP contribution in [-0.4, -0.2) is 47.2 Å². The molecule has 4 nitrogen and oxygen atoms in total. The Morgan fingerprint density at radius 1 is 1.33 bits per heavy atom. The Bertz CT molecular complexity index is 322. The average Bonchev–Trinajstić information content (AvgIpc) is 2.44. The zero-order valence-corrected chi connectivity index (χ0v) is 14.3. The fourth-order valence-electron chi connectivity index (χ4n) is 3.16. The molecule has 0 saturated carbocycles. The topological polar surface area (TPSA) is 52.6 Å². The fourth-order valence-corrected chi connectivity index (χ4v) is 3.16. The van der Waals surface area contributed by atoms with Crippen molar-refractivity contribution in [2.24, 2.45) is 5.92 Å². The third-order valence-corrected chi connectivity index (χ3v) is 4.86. The molecule has 1 heterocycles. The van der Waals surface area contributed by atoms with Gasteiger partial charge in [0.15, 0.2) is 0 Å². The van der Waals surface area contributed by atoms with E-state index in [1.807, 2.05) is 6.92 Å². The molecule has 0 aromatic carbocycles. The number of nitrogens with zero attached hydrogens (tertiary/aromatic N) is 1. The molecule has 0 aromatic rings. The minimum Gasteiger partial charge on any atom is -0.480 e. The van der Waals surface area contributed by atoms with Crippen LogP contribution in [-0.2, 0) is 4.79 Å². The molecular weight excluding hydrogens is 264 g/mol. The van der Waals surface area contributed by atoms with Gasteiger partial charge in [0.25, 0.3) is 0 Å². The number of hydrogen-bond acceptors (Lipinski definition) is 3. The first-order valence-electron chi connectivity index (χ1n) is 8.61. The first-order valence-corrected chi connectivity index (χ1v) is 8.61. The molecule has 1 rings (SSSR count). The molecule has 3 unspecified atom stereocenters. The lowest BCUT2D eigenvalue weighted by molar-refractivity contribution is -0.144. The Morgan fingerprint density at radius 3 is 2.67 bits per heavy atom. The van der Waals surface area contributed by atoms with Crippen molar-refractivity contribution in [3.05, 3.63) is 0 Å². The summed E-state index contributed by atoms with van der Waals surface area (Å²) in [5.41, 5.74) is -0.767. The molecule has 2 N–H and O–H groups in total. The molecule has 0 radical (unpaired) electrons. The maximum absolute atomic E-state index is 11.4. The first-order chi connectivity index (χ1) is 9.89. The van der Waals surface area contributed by atoms with Gasteiger partial charge < -0.3 is 15.3 Å². The van der Waals surface area contributed by atoms with Gasteiger partial charge in [-0.3, -0.25) is 4.79 Å². The number of carbonyl (C=O) groups is 1. The average molecular weight is 298 g/mol. The van der Waals surface area contributed by atoms with E-state index in [2.05, 4.69) is 31.0 Å². The highest BCUT2D eigenvalue weighted by molar-refractivity contribution is 5.78. The van der Waals surface area contributed by atoms with Crippen molar-refractivity contribution in [2.45, 2.75) is 77.8 Å². The van der Waals surface area contributed by atoms with Crippen LogP contribution >= 0.6 is 0 Å². The standard InChI is InChI=1S/C17H34N2O2/c1-5-11-18-17(4,16(20)21)10-6-7-12-19-13-14(2)8-9-15(19)3/h14-15,18H,5-13H2,1-4H3,(H,20,21). The Hall–Kier alpha value is -0.610. The molecule has 1 aliphatic rings. The fraction of sp³-hybridized carbons (Fsp3) is 0.941. The summed E-state index contributed by atoms with van der Waals surface area (Å²) in [5.74, 6) is 0.0765. The van der Waals surface area contributed by atoms with E-state index in [4.69, 9.17) is 0 Å². The van der Waals surface area contributed by atoms with E-state index < -0.39 is 11.5 Å². The maximum Gasteiger partial charge on any atom is 0.323 e.